The molecule has 1 fully saturated rings. The van der Waals surface area contributed by atoms with Crippen molar-refractivity contribution in [3.63, 3.8) is 0 Å². The highest BCUT2D eigenvalue weighted by Gasteiger charge is 2.33. The van der Waals surface area contributed by atoms with Crippen LogP contribution in [0.15, 0.2) is 11.8 Å². The smallest absolute Gasteiger partial charge is 0.414 e. The Kier molecular flexibility index (Phi) is 4.97. The Morgan fingerprint density at radius 3 is 2.58 bits per heavy atom. The molecule has 0 aromatic rings. The summed E-state index contributed by atoms with van der Waals surface area (Å²) in [4.78, 5) is 25.2. The summed E-state index contributed by atoms with van der Waals surface area (Å²) < 4.78 is 10.2. The third-order valence-corrected chi connectivity index (χ3v) is 2.73. The fraction of sp³-hybridized carbons (Fsp3) is 0.714. The Morgan fingerprint density at radius 1 is 1.42 bits per heavy atom. The van der Waals surface area contributed by atoms with Crippen LogP contribution in [0.25, 0.3) is 0 Å². The Labute approximate surface area is 114 Å². The van der Waals surface area contributed by atoms with Crippen LogP contribution in [-0.4, -0.2) is 35.2 Å². The minimum Gasteiger partial charge on any atom is -0.463 e. The fourth-order valence-corrected chi connectivity index (χ4v) is 1.96. The number of esters is 1. The molecule has 0 unspecified atom stereocenters. The van der Waals surface area contributed by atoms with Crippen LogP contribution < -0.4 is 0 Å². The average molecular weight is 269 g/mol. The monoisotopic (exact) mass is 269 g/mol. The van der Waals surface area contributed by atoms with Crippen molar-refractivity contribution in [3.8, 4) is 0 Å². The summed E-state index contributed by atoms with van der Waals surface area (Å²) in [5, 5.41) is 0. The van der Waals surface area contributed by atoms with Gasteiger partial charge in [-0.1, -0.05) is 0 Å². The molecule has 5 heteroatoms. The molecule has 1 aliphatic rings. The largest absolute Gasteiger partial charge is 0.463 e. The van der Waals surface area contributed by atoms with E-state index in [2.05, 4.69) is 0 Å². The molecule has 1 atom stereocenters. The maximum atomic E-state index is 12.1. The summed E-state index contributed by atoms with van der Waals surface area (Å²) in [5.41, 5.74) is 0.120. The predicted molar refractivity (Wildman–Crippen MR) is 71.5 cm³/mol. The second-order valence-corrected chi connectivity index (χ2v) is 5.63. The van der Waals surface area contributed by atoms with Crippen LogP contribution >= 0.6 is 0 Å². The van der Waals surface area contributed by atoms with Gasteiger partial charge >= 0.3 is 12.1 Å². The van der Waals surface area contributed by atoms with E-state index in [1.54, 1.807) is 11.8 Å². The van der Waals surface area contributed by atoms with Gasteiger partial charge in [0, 0.05) is 17.8 Å². The number of rotatable bonds is 2. The first-order valence-corrected chi connectivity index (χ1v) is 6.64. The van der Waals surface area contributed by atoms with Crippen LogP contribution in [0.3, 0.4) is 0 Å². The van der Waals surface area contributed by atoms with Gasteiger partial charge < -0.3 is 9.47 Å². The summed E-state index contributed by atoms with van der Waals surface area (Å²) in [6.45, 7) is 9.47. The number of allylic oxidation sites excluding steroid dienone is 1. The van der Waals surface area contributed by atoms with Crippen molar-refractivity contribution in [1.82, 2.24) is 4.90 Å². The number of carbonyl (C=O) groups is 2. The minimum atomic E-state index is -0.547. The Bertz CT molecular complexity index is 381. The van der Waals surface area contributed by atoms with E-state index in [0.717, 1.165) is 6.42 Å². The third kappa shape index (κ3) is 4.58. The molecule has 1 saturated heterocycles. The van der Waals surface area contributed by atoms with Crippen LogP contribution in [0.1, 0.15) is 47.5 Å². The van der Waals surface area contributed by atoms with Gasteiger partial charge in [-0.05, 0) is 47.5 Å². The Balaban J connectivity index is 2.83. The van der Waals surface area contributed by atoms with Crippen molar-refractivity contribution >= 4 is 12.1 Å². The lowest BCUT2D eigenvalue weighted by molar-refractivity contribution is -0.137. The van der Waals surface area contributed by atoms with Gasteiger partial charge in [0.25, 0.3) is 0 Å². The third-order valence-electron chi connectivity index (χ3n) is 2.73. The molecule has 108 valence electrons. The molecule has 0 aromatic carbocycles. The fourth-order valence-electron chi connectivity index (χ4n) is 1.96. The standard InChI is InChI=1S/C14H23NO4/c1-6-18-12(16)9-11-8-7-10(2)15(11)13(17)19-14(3,4)5/h9-10H,6-8H2,1-5H3/b11-9+/t10-/m0/s1. The maximum absolute atomic E-state index is 12.1. The summed E-state index contributed by atoms with van der Waals surface area (Å²) in [5.74, 6) is -0.417. The van der Waals surface area contributed by atoms with Crippen LogP contribution in [0.2, 0.25) is 0 Å². The number of amides is 1. The van der Waals surface area contributed by atoms with Crippen LogP contribution in [0.5, 0.6) is 0 Å². The number of likely N-dealkylation sites (tertiary alicyclic amines) is 1. The number of hydrogen-bond donors (Lipinski definition) is 0. The topological polar surface area (TPSA) is 55.8 Å². The van der Waals surface area contributed by atoms with Crippen molar-refractivity contribution in [3.05, 3.63) is 11.8 Å². The van der Waals surface area contributed by atoms with Crippen molar-refractivity contribution in [1.29, 1.82) is 0 Å². The number of hydrogen-bond acceptors (Lipinski definition) is 4. The second-order valence-electron chi connectivity index (χ2n) is 5.63. The van der Waals surface area contributed by atoms with E-state index in [1.807, 2.05) is 27.7 Å². The first-order valence-electron chi connectivity index (χ1n) is 6.64. The van der Waals surface area contributed by atoms with E-state index in [-0.39, 0.29) is 6.04 Å². The van der Waals surface area contributed by atoms with Crippen LogP contribution in [0.4, 0.5) is 4.79 Å². The molecule has 1 rings (SSSR count). The lowest BCUT2D eigenvalue weighted by Gasteiger charge is -2.27. The van der Waals surface area contributed by atoms with E-state index in [1.165, 1.54) is 6.08 Å². The van der Waals surface area contributed by atoms with Crippen molar-refractivity contribution in [2.45, 2.75) is 59.1 Å². The second kappa shape index (κ2) is 6.08. The zero-order valence-electron chi connectivity index (χ0n) is 12.4. The van der Waals surface area contributed by atoms with Gasteiger partial charge in [-0.15, -0.1) is 0 Å². The lowest BCUT2D eigenvalue weighted by Crippen LogP contribution is -2.38. The van der Waals surface area contributed by atoms with Crippen molar-refractivity contribution < 1.29 is 19.1 Å². The first kappa shape index (κ1) is 15.5. The van der Waals surface area contributed by atoms with Crippen molar-refractivity contribution in [2.24, 2.45) is 0 Å². The highest BCUT2D eigenvalue weighted by molar-refractivity contribution is 5.84. The van der Waals surface area contributed by atoms with E-state index in [0.29, 0.717) is 18.7 Å². The molecular weight excluding hydrogens is 246 g/mol. The molecule has 0 N–H and O–H groups in total. The van der Waals surface area contributed by atoms with E-state index in [4.69, 9.17) is 9.47 Å². The Morgan fingerprint density at radius 2 is 2.05 bits per heavy atom. The quantitative estimate of drug-likeness (QED) is 0.571. The van der Waals surface area contributed by atoms with E-state index < -0.39 is 17.7 Å². The van der Waals surface area contributed by atoms with Crippen LogP contribution in [0, 0.1) is 0 Å². The zero-order chi connectivity index (χ0) is 14.6. The summed E-state index contributed by atoms with van der Waals surface area (Å²) in [7, 11) is 0. The molecule has 1 aliphatic heterocycles. The van der Waals surface area contributed by atoms with Gasteiger partial charge in [-0.25, -0.2) is 9.59 Å². The van der Waals surface area contributed by atoms with Gasteiger partial charge in [0.15, 0.2) is 0 Å². The van der Waals surface area contributed by atoms with Crippen LogP contribution in [-0.2, 0) is 14.3 Å². The number of ether oxygens (including phenoxy) is 2. The molecule has 0 aromatic heterocycles. The Hall–Kier alpha value is -1.52. The van der Waals surface area contributed by atoms with Gasteiger partial charge in [-0.3, -0.25) is 4.90 Å². The molecule has 0 radical (unpaired) electrons. The lowest BCUT2D eigenvalue weighted by atomic mass is 10.2. The molecular formula is C14H23NO4. The highest BCUT2D eigenvalue weighted by atomic mass is 16.6. The normalized spacial score (nSPS) is 21.6. The number of carbonyl (C=O) groups excluding carboxylic acids is 2. The van der Waals surface area contributed by atoms with Gasteiger partial charge in [-0.2, -0.15) is 0 Å². The first-order chi connectivity index (χ1) is 8.74. The minimum absolute atomic E-state index is 0.0375. The maximum Gasteiger partial charge on any atom is 0.414 e. The molecule has 0 saturated carbocycles. The van der Waals surface area contributed by atoms with Gasteiger partial charge in [0.1, 0.15) is 5.60 Å². The number of nitrogens with zero attached hydrogens (tertiary/aromatic N) is 1. The molecule has 0 aliphatic carbocycles. The average Bonchev–Trinajstić information content (AvgIpc) is 2.57. The SMILES string of the molecule is CCOC(=O)/C=C1\CC[C@H](C)N1C(=O)OC(C)(C)C. The van der Waals surface area contributed by atoms with Crippen molar-refractivity contribution in [2.75, 3.05) is 6.61 Å². The summed E-state index contributed by atoms with van der Waals surface area (Å²) in [6.07, 6.45) is 2.48. The molecule has 5 nitrogen and oxygen atoms in total. The molecule has 1 heterocycles. The molecule has 19 heavy (non-hydrogen) atoms. The van der Waals surface area contributed by atoms with E-state index in [9.17, 15) is 9.59 Å². The molecule has 0 bridgehead atoms. The van der Waals surface area contributed by atoms with E-state index >= 15 is 0 Å². The molecule has 1 amide bonds. The van der Waals surface area contributed by atoms with Gasteiger partial charge in [0.2, 0.25) is 0 Å². The summed E-state index contributed by atoms with van der Waals surface area (Å²) >= 11 is 0. The predicted octanol–water partition coefficient (Wildman–Crippen LogP) is 2.85. The van der Waals surface area contributed by atoms with Gasteiger partial charge in [0.05, 0.1) is 6.61 Å². The highest BCUT2D eigenvalue weighted by Crippen LogP contribution is 2.29. The molecule has 0 spiro atoms. The summed E-state index contributed by atoms with van der Waals surface area (Å²) in [6, 6.07) is 0.0375. The zero-order valence-corrected chi connectivity index (χ0v) is 12.4.